The second-order valence-corrected chi connectivity index (χ2v) is 3.82. The Labute approximate surface area is 117 Å². The van der Waals surface area contributed by atoms with E-state index in [4.69, 9.17) is 5.11 Å². The summed E-state index contributed by atoms with van der Waals surface area (Å²) in [6.45, 7) is -0.0624. The van der Waals surface area contributed by atoms with Gasteiger partial charge in [0.05, 0.1) is 24.8 Å². The summed E-state index contributed by atoms with van der Waals surface area (Å²) in [6, 6.07) is 0.140. The molecule has 1 rings (SSSR count). The fraction of sp³-hybridized carbons (Fsp3) is 0.250. The van der Waals surface area contributed by atoms with E-state index in [2.05, 4.69) is 10.1 Å². The Morgan fingerprint density at radius 2 is 1.90 bits per heavy atom. The molecule has 0 aromatic heterocycles. The number of methoxy groups -OCH3 is 1. The summed E-state index contributed by atoms with van der Waals surface area (Å²) in [5, 5.41) is 12.9. The van der Waals surface area contributed by atoms with Gasteiger partial charge in [-0.3, -0.25) is 4.79 Å². The molecular weight excluding hydrogens is 290 g/mol. The first-order chi connectivity index (χ1) is 9.85. The van der Waals surface area contributed by atoms with Crippen molar-refractivity contribution in [2.45, 2.75) is 6.42 Å². The van der Waals surface area contributed by atoms with Crippen molar-refractivity contribution in [1.82, 2.24) is 5.32 Å². The number of benzene rings is 1. The highest BCUT2D eigenvalue weighted by molar-refractivity contribution is 5.93. The van der Waals surface area contributed by atoms with Crippen LogP contribution in [-0.2, 0) is 9.53 Å². The Morgan fingerprint density at radius 1 is 1.24 bits per heavy atom. The lowest BCUT2D eigenvalue weighted by molar-refractivity contribution is -0.140. The normalized spacial score (nSPS) is 9.86. The Bertz CT molecular complexity index is 577. The van der Waals surface area contributed by atoms with Crippen molar-refractivity contribution in [2.75, 3.05) is 19.0 Å². The molecular formula is C12H12F2N2O5. The minimum Gasteiger partial charge on any atom is -0.478 e. The highest BCUT2D eigenvalue weighted by Crippen LogP contribution is 2.19. The van der Waals surface area contributed by atoms with Crippen LogP contribution in [-0.4, -0.2) is 36.7 Å². The largest absolute Gasteiger partial charge is 0.478 e. The van der Waals surface area contributed by atoms with Crippen molar-refractivity contribution in [3.8, 4) is 0 Å². The number of aromatic carboxylic acids is 1. The van der Waals surface area contributed by atoms with Crippen LogP contribution < -0.4 is 10.6 Å². The van der Waals surface area contributed by atoms with Gasteiger partial charge < -0.3 is 20.5 Å². The molecule has 7 nitrogen and oxygen atoms in total. The van der Waals surface area contributed by atoms with Gasteiger partial charge in [0, 0.05) is 12.6 Å². The van der Waals surface area contributed by atoms with E-state index in [-0.39, 0.29) is 13.0 Å². The van der Waals surface area contributed by atoms with Gasteiger partial charge in [0.2, 0.25) is 0 Å². The van der Waals surface area contributed by atoms with Crippen LogP contribution >= 0.6 is 0 Å². The Balaban J connectivity index is 2.70. The van der Waals surface area contributed by atoms with E-state index in [0.29, 0.717) is 12.1 Å². The highest BCUT2D eigenvalue weighted by Gasteiger charge is 2.16. The van der Waals surface area contributed by atoms with E-state index in [9.17, 15) is 23.2 Å². The van der Waals surface area contributed by atoms with Crippen molar-refractivity contribution in [3.63, 3.8) is 0 Å². The van der Waals surface area contributed by atoms with Crippen molar-refractivity contribution < 1.29 is 33.0 Å². The van der Waals surface area contributed by atoms with Crippen LogP contribution in [0.5, 0.6) is 0 Å². The number of carbonyl (C=O) groups excluding carboxylic acids is 2. The number of carboxylic acids is 1. The fourth-order valence-electron chi connectivity index (χ4n) is 1.36. The van der Waals surface area contributed by atoms with Gasteiger partial charge in [0.25, 0.3) is 0 Å². The van der Waals surface area contributed by atoms with Gasteiger partial charge in [-0.1, -0.05) is 0 Å². The Morgan fingerprint density at radius 3 is 2.48 bits per heavy atom. The summed E-state index contributed by atoms with van der Waals surface area (Å²) in [6.07, 6.45) is -0.0871. The molecule has 3 N–H and O–H groups in total. The van der Waals surface area contributed by atoms with Crippen molar-refractivity contribution in [1.29, 1.82) is 0 Å². The van der Waals surface area contributed by atoms with Gasteiger partial charge >= 0.3 is 18.0 Å². The molecule has 0 radical (unpaired) electrons. The van der Waals surface area contributed by atoms with Gasteiger partial charge in [-0.05, 0) is 6.07 Å². The number of carboxylic acid groups (broad SMARTS) is 1. The SMILES string of the molecule is COC(=O)CCNC(=O)Nc1cc(C(=O)O)c(F)cc1F. The number of hydrogen-bond acceptors (Lipinski definition) is 4. The molecule has 1 aromatic rings. The van der Waals surface area contributed by atoms with E-state index >= 15 is 0 Å². The third-order valence-electron chi connectivity index (χ3n) is 2.38. The number of carbonyl (C=O) groups is 3. The first-order valence-corrected chi connectivity index (χ1v) is 5.69. The van der Waals surface area contributed by atoms with Crippen LogP contribution in [0.25, 0.3) is 0 Å². The van der Waals surface area contributed by atoms with E-state index in [1.54, 1.807) is 0 Å². The molecule has 21 heavy (non-hydrogen) atoms. The second kappa shape index (κ2) is 7.17. The van der Waals surface area contributed by atoms with Gasteiger partial charge in [0.15, 0.2) is 0 Å². The molecule has 114 valence electrons. The molecule has 0 aliphatic carbocycles. The summed E-state index contributed by atoms with van der Waals surface area (Å²) in [5.74, 6) is -4.52. The summed E-state index contributed by atoms with van der Waals surface area (Å²) < 4.78 is 30.9. The molecule has 0 spiro atoms. The molecule has 0 saturated heterocycles. The van der Waals surface area contributed by atoms with Crippen LogP contribution in [0.4, 0.5) is 19.3 Å². The zero-order chi connectivity index (χ0) is 16.0. The molecule has 0 unspecified atom stereocenters. The molecule has 0 aliphatic heterocycles. The number of ether oxygens (including phenoxy) is 1. The van der Waals surface area contributed by atoms with Crippen molar-refractivity contribution in [2.24, 2.45) is 0 Å². The molecule has 0 bridgehead atoms. The minimum absolute atomic E-state index is 0.0624. The number of nitrogens with one attached hydrogen (secondary N) is 2. The molecule has 9 heteroatoms. The van der Waals surface area contributed by atoms with E-state index < -0.39 is 40.9 Å². The van der Waals surface area contributed by atoms with Crippen molar-refractivity contribution >= 4 is 23.7 Å². The zero-order valence-electron chi connectivity index (χ0n) is 10.9. The monoisotopic (exact) mass is 302 g/mol. The molecule has 2 amide bonds. The number of esters is 1. The summed E-state index contributed by atoms with van der Waals surface area (Å²) >= 11 is 0. The maximum atomic E-state index is 13.4. The predicted octanol–water partition coefficient (Wildman–Crippen LogP) is 1.35. The Kier molecular flexibility index (Phi) is 5.58. The van der Waals surface area contributed by atoms with E-state index in [1.165, 1.54) is 7.11 Å². The lowest BCUT2D eigenvalue weighted by atomic mass is 10.2. The molecule has 0 heterocycles. The molecule has 1 aromatic carbocycles. The smallest absolute Gasteiger partial charge is 0.338 e. The first kappa shape index (κ1) is 16.3. The van der Waals surface area contributed by atoms with Gasteiger partial charge in [-0.2, -0.15) is 0 Å². The number of anilines is 1. The molecule has 0 atom stereocenters. The minimum atomic E-state index is -1.60. The Hall–Kier alpha value is -2.71. The van der Waals surface area contributed by atoms with E-state index in [0.717, 1.165) is 0 Å². The molecule has 0 fully saturated rings. The van der Waals surface area contributed by atoms with Crippen LogP contribution in [0.1, 0.15) is 16.8 Å². The van der Waals surface area contributed by atoms with Gasteiger partial charge in [-0.25, -0.2) is 18.4 Å². The average Bonchev–Trinajstić information content (AvgIpc) is 2.41. The predicted molar refractivity (Wildman–Crippen MR) is 67.0 cm³/mol. The molecule has 0 saturated carbocycles. The van der Waals surface area contributed by atoms with Crippen LogP contribution in [0.15, 0.2) is 12.1 Å². The van der Waals surface area contributed by atoms with E-state index in [1.807, 2.05) is 5.32 Å². The quantitative estimate of drug-likeness (QED) is 0.712. The number of halogens is 2. The highest BCUT2D eigenvalue weighted by atomic mass is 19.1. The number of amides is 2. The fourth-order valence-corrected chi connectivity index (χ4v) is 1.36. The summed E-state index contributed by atoms with van der Waals surface area (Å²) in [7, 11) is 1.18. The maximum absolute atomic E-state index is 13.4. The second-order valence-electron chi connectivity index (χ2n) is 3.82. The van der Waals surface area contributed by atoms with Crippen molar-refractivity contribution in [3.05, 3.63) is 29.3 Å². The average molecular weight is 302 g/mol. The lowest BCUT2D eigenvalue weighted by Crippen LogP contribution is -2.31. The summed E-state index contributed by atoms with van der Waals surface area (Å²) in [5.41, 5.74) is -1.27. The standard InChI is InChI=1S/C12H12F2N2O5/c1-21-10(17)2-3-15-12(20)16-9-4-6(11(18)19)7(13)5-8(9)14/h4-5H,2-3H2,1H3,(H,18,19)(H2,15,16,20). The maximum Gasteiger partial charge on any atom is 0.338 e. The zero-order valence-corrected chi connectivity index (χ0v) is 10.9. The van der Waals surface area contributed by atoms with Gasteiger partial charge in [-0.15, -0.1) is 0 Å². The van der Waals surface area contributed by atoms with Crippen LogP contribution in [0.3, 0.4) is 0 Å². The third kappa shape index (κ3) is 4.71. The van der Waals surface area contributed by atoms with Crippen LogP contribution in [0, 0.1) is 11.6 Å². The number of rotatable bonds is 5. The number of hydrogen-bond donors (Lipinski definition) is 3. The third-order valence-corrected chi connectivity index (χ3v) is 2.38. The lowest BCUT2D eigenvalue weighted by Gasteiger charge is -2.09. The van der Waals surface area contributed by atoms with Gasteiger partial charge in [0.1, 0.15) is 11.6 Å². The van der Waals surface area contributed by atoms with Crippen LogP contribution in [0.2, 0.25) is 0 Å². The molecule has 0 aliphatic rings. The number of urea groups is 1. The summed E-state index contributed by atoms with van der Waals surface area (Å²) in [4.78, 5) is 32.9. The topological polar surface area (TPSA) is 105 Å². The first-order valence-electron chi connectivity index (χ1n) is 5.69.